The van der Waals surface area contributed by atoms with E-state index in [1.165, 1.54) is 11.8 Å². The lowest BCUT2D eigenvalue weighted by Crippen LogP contribution is -2.51. The van der Waals surface area contributed by atoms with Gasteiger partial charge in [-0.15, -0.1) is 0 Å². The van der Waals surface area contributed by atoms with Crippen LogP contribution in [-0.4, -0.2) is 34.0 Å². The molecule has 4 nitrogen and oxygen atoms in total. The Morgan fingerprint density at radius 1 is 1.19 bits per heavy atom. The lowest BCUT2D eigenvalue weighted by molar-refractivity contribution is -0.154. The summed E-state index contributed by atoms with van der Waals surface area (Å²) in [5.41, 5.74) is 0. The average molecular weight is 229 g/mol. The molecule has 1 unspecified atom stereocenters. The van der Waals surface area contributed by atoms with Crippen LogP contribution in [0.5, 0.6) is 0 Å². The van der Waals surface area contributed by atoms with Crippen molar-refractivity contribution >= 4 is 11.9 Å². The van der Waals surface area contributed by atoms with Gasteiger partial charge in [0.05, 0.1) is 0 Å². The van der Waals surface area contributed by atoms with E-state index in [0.29, 0.717) is 0 Å². The van der Waals surface area contributed by atoms with E-state index in [1.807, 2.05) is 27.7 Å². The summed E-state index contributed by atoms with van der Waals surface area (Å²) in [4.78, 5) is 24.3. The van der Waals surface area contributed by atoms with Gasteiger partial charge in [-0.3, -0.25) is 4.79 Å². The number of rotatable bonds is 6. The first-order valence-electron chi connectivity index (χ1n) is 5.88. The zero-order valence-electron chi connectivity index (χ0n) is 10.9. The van der Waals surface area contributed by atoms with Gasteiger partial charge in [-0.1, -0.05) is 26.7 Å². The predicted octanol–water partition coefficient (Wildman–Crippen LogP) is 2.13. The van der Waals surface area contributed by atoms with E-state index in [4.69, 9.17) is 0 Å². The van der Waals surface area contributed by atoms with Gasteiger partial charge in [-0.25, -0.2) is 4.79 Å². The molecule has 0 saturated heterocycles. The van der Waals surface area contributed by atoms with Crippen molar-refractivity contribution in [3.05, 3.63) is 0 Å². The first kappa shape index (κ1) is 14.9. The fourth-order valence-electron chi connectivity index (χ4n) is 2.16. The minimum Gasteiger partial charge on any atom is -0.480 e. The molecule has 1 amide bonds. The van der Waals surface area contributed by atoms with E-state index in [2.05, 4.69) is 0 Å². The molecular formula is C12H23NO3. The Morgan fingerprint density at radius 2 is 1.62 bits per heavy atom. The van der Waals surface area contributed by atoms with Crippen LogP contribution in [0.3, 0.4) is 0 Å². The Kier molecular flexibility index (Phi) is 6.08. The minimum absolute atomic E-state index is 0.0174. The van der Waals surface area contributed by atoms with Crippen LogP contribution >= 0.6 is 0 Å². The van der Waals surface area contributed by atoms with Crippen LogP contribution < -0.4 is 0 Å². The molecule has 0 aliphatic heterocycles. The normalized spacial score (nSPS) is 12.9. The lowest BCUT2D eigenvalue weighted by Gasteiger charge is -2.35. The Hall–Kier alpha value is -1.06. The third-order valence-corrected chi connectivity index (χ3v) is 2.97. The second-order valence-corrected chi connectivity index (χ2v) is 4.38. The zero-order valence-corrected chi connectivity index (χ0v) is 10.9. The van der Waals surface area contributed by atoms with Crippen LogP contribution in [0.2, 0.25) is 0 Å². The fourth-order valence-corrected chi connectivity index (χ4v) is 2.16. The highest BCUT2D eigenvalue weighted by Gasteiger charge is 2.34. The van der Waals surface area contributed by atoms with Gasteiger partial charge >= 0.3 is 5.97 Å². The summed E-state index contributed by atoms with van der Waals surface area (Å²) in [6.45, 7) is 9.04. The smallest absolute Gasteiger partial charge is 0.326 e. The quantitative estimate of drug-likeness (QED) is 0.759. The molecule has 16 heavy (non-hydrogen) atoms. The van der Waals surface area contributed by atoms with Crippen molar-refractivity contribution in [1.29, 1.82) is 0 Å². The van der Waals surface area contributed by atoms with Gasteiger partial charge in [0.2, 0.25) is 5.91 Å². The van der Waals surface area contributed by atoms with E-state index in [1.54, 1.807) is 0 Å². The van der Waals surface area contributed by atoms with Crippen LogP contribution in [0.15, 0.2) is 0 Å². The molecule has 4 heteroatoms. The minimum atomic E-state index is -0.905. The van der Waals surface area contributed by atoms with Gasteiger partial charge in [0.25, 0.3) is 0 Å². The van der Waals surface area contributed by atoms with Gasteiger partial charge in [0.1, 0.15) is 6.04 Å². The maximum absolute atomic E-state index is 11.5. The number of carbonyl (C=O) groups is 2. The van der Waals surface area contributed by atoms with E-state index < -0.39 is 12.0 Å². The molecule has 0 aromatic carbocycles. The van der Waals surface area contributed by atoms with Crippen LogP contribution in [0.25, 0.3) is 0 Å². The number of nitrogens with zero attached hydrogens (tertiary/aromatic N) is 1. The van der Waals surface area contributed by atoms with Crippen molar-refractivity contribution < 1.29 is 14.7 Å². The number of carboxylic acid groups (broad SMARTS) is 1. The molecule has 94 valence electrons. The number of amides is 1. The molecule has 0 aromatic rings. The SMILES string of the molecule is CCC(CC)C(C(=O)O)N(C(C)=O)C(C)C. The van der Waals surface area contributed by atoms with Gasteiger partial charge in [-0.2, -0.15) is 0 Å². The van der Waals surface area contributed by atoms with Crippen molar-refractivity contribution in [3.63, 3.8) is 0 Å². The molecule has 0 bridgehead atoms. The number of carboxylic acids is 1. The van der Waals surface area contributed by atoms with E-state index in [-0.39, 0.29) is 17.9 Å². The summed E-state index contributed by atoms with van der Waals surface area (Å²) >= 11 is 0. The molecule has 1 atom stereocenters. The summed E-state index contributed by atoms with van der Waals surface area (Å²) in [5, 5.41) is 9.28. The molecule has 0 aromatic heterocycles. The largest absolute Gasteiger partial charge is 0.480 e. The first-order valence-corrected chi connectivity index (χ1v) is 5.88. The zero-order chi connectivity index (χ0) is 12.9. The molecule has 0 rings (SSSR count). The fraction of sp³-hybridized carbons (Fsp3) is 0.833. The van der Waals surface area contributed by atoms with Crippen molar-refractivity contribution in [2.75, 3.05) is 0 Å². The van der Waals surface area contributed by atoms with Gasteiger partial charge in [0, 0.05) is 13.0 Å². The Labute approximate surface area is 97.6 Å². The number of hydrogen-bond acceptors (Lipinski definition) is 2. The van der Waals surface area contributed by atoms with Crippen molar-refractivity contribution in [3.8, 4) is 0 Å². The van der Waals surface area contributed by atoms with Crippen LogP contribution in [-0.2, 0) is 9.59 Å². The van der Waals surface area contributed by atoms with Gasteiger partial charge < -0.3 is 10.0 Å². The van der Waals surface area contributed by atoms with E-state index in [9.17, 15) is 14.7 Å². The molecule has 0 aliphatic rings. The summed E-state index contributed by atoms with van der Waals surface area (Å²) in [6.07, 6.45) is 1.54. The average Bonchev–Trinajstić information content (AvgIpc) is 2.16. The monoisotopic (exact) mass is 229 g/mol. The third kappa shape index (κ3) is 3.51. The van der Waals surface area contributed by atoms with E-state index in [0.717, 1.165) is 12.8 Å². The molecule has 0 aliphatic carbocycles. The van der Waals surface area contributed by atoms with Crippen molar-refractivity contribution in [2.24, 2.45) is 5.92 Å². The predicted molar refractivity (Wildman–Crippen MR) is 63.2 cm³/mol. The summed E-state index contributed by atoms with van der Waals surface area (Å²) in [6, 6.07) is -0.785. The summed E-state index contributed by atoms with van der Waals surface area (Å²) in [7, 11) is 0. The van der Waals surface area contributed by atoms with Crippen LogP contribution in [0.1, 0.15) is 47.5 Å². The lowest BCUT2D eigenvalue weighted by atomic mass is 9.92. The molecular weight excluding hydrogens is 206 g/mol. The number of hydrogen-bond donors (Lipinski definition) is 1. The summed E-state index contributed by atoms with van der Waals surface area (Å²) < 4.78 is 0. The number of aliphatic carboxylic acids is 1. The highest BCUT2D eigenvalue weighted by atomic mass is 16.4. The molecule has 0 saturated carbocycles. The highest BCUT2D eigenvalue weighted by Crippen LogP contribution is 2.21. The maximum Gasteiger partial charge on any atom is 0.326 e. The second kappa shape index (κ2) is 6.51. The second-order valence-electron chi connectivity index (χ2n) is 4.38. The Morgan fingerprint density at radius 3 is 1.81 bits per heavy atom. The topological polar surface area (TPSA) is 57.6 Å². The molecule has 0 heterocycles. The third-order valence-electron chi connectivity index (χ3n) is 2.97. The van der Waals surface area contributed by atoms with E-state index >= 15 is 0 Å². The first-order chi connectivity index (χ1) is 7.36. The Balaban J connectivity index is 5.14. The highest BCUT2D eigenvalue weighted by molar-refractivity contribution is 5.82. The van der Waals surface area contributed by atoms with Crippen LogP contribution in [0, 0.1) is 5.92 Å². The Bertz CT molecular complexity index is 247. The maximum atomic E-state index is 11.5. The molecule has 1 N–H and O–H groups in total. The molecule has 0 radical (unpaired) electrons. The standard InChI is InChI=1S/C12H23NO3/c1-6-10(7-2)11(12(15)16)13(8(3)4)9(5)14/h8,10-11H,6-7H2,1-5H3,(H,15,16). The molecule has 0 spiro atoms. The molecule has 0 fully saturated rings. The van der Waals surface area contributed by atoms with Gasteiger partial charge in [-0.05, 0) is 19.8 Å². The van der Waals surface area contributed by atoms with Gasteiger partial charge in [0.15, 0.2) is 0 Å². The summed E-state index contributed by atoms with van der Waals surface area (Å²) in [5.74, 6) is -1.06. The van der Waals surface area contributed by atoms with Crippen molar-refractivity contribution in [2.45, 2.75) is 59.5 Å². The van der Waals surface area contributed by atoms with Crippen molar-refractivity contribution in [1.82, 2.24) is 4.90 Å². The number of carbonyl (C=O) groups excluding carboxylic acids is 1. The van der Waals surface area contributed by atoms with Crippen LogP contribution in [0.4, 0.5) is 0 Å².